The highest BCUT2D eigenvalue weighted by Crippen LogP contribution is 2.43. The first-order valence-electron chi connectivity index (χ1n) is 4.73. The molecule has 0 saturated heterocycles. The molecule has 4 heteroatoms. The lowest BCUT2D eigenvalue weighted by Gasteiger charge is -2.21. The summed E-state index contributed by atoms with van der Waals surface area (Å²) in [6.45, 7) is 3.47. The van der Waals surface area contributed by atoms with Crippen LogP contribution in [0.15, 0.2) is 17.0 Å². The molecule has 0 aliphatic carbocycles. The minimum Gasteiger partial charge on any atom is -0.496 e. The molecule has 82 valence electrons. The summed E-state index contributed by atoms with van der Waals surface area (Å²) in [6.07, 6.45) is 0. The monoisotopic (exact) mass is 226 g/mol. The van der Waals surface area contributed by atoms with Crippen molar-refractivity contribution in [2.45, 2.75) is 24.3 Å². The molecule has 0 amide bonds. The maximum Gasteiger partial charge on any atom is 0.138 e. The van der Waals surface area contributed by atoms with Gasteiger partial charge in [-0.05, 0) is 26.0 Å². The topological polar surface area (TPSA) is 38.7 Å². The van der Waals surface area contributed by atoms with Crippen LogP contribution < -0.4 is 9.47 Å². The molecule has 1 aromatic carbocycles. The molecule has 0 bridgehead atoms. The van der Waals surface area contributed by atoms with E-state index in [4.69, 9.17) is 9.47 Å². The summed E-state index contributed by atoms with van der Waals surface area (Å²) in [4.78, 5) is 1.07. The first kappa shape index (κ1) is 10.6. The fraction of sp³-hybridized carbons (Fsp3) is 0.455. The molecular weight excluding hydrogens is 212 g/mol. The number of methoxy groups -OCH3 is 1. The zero-order valence-electron chi connectivity index (χ0n) is 9.03. The predicted molar refractivity (Wildman–Crippen MR) is 59.6 cm³/mol. The van der Waals surface area contributed by atoms with Crippen LogP contribution in [-0.2, 0) is 5.60 Å². The van der Waals surface area contributed by atoms with E-state index in [1.165, 1.54) is 0 Å². The van der Waals surface area contributed by atoms with Gasteiger partial charge in [0, 0.05) is 5.56 Å². The molecule has 0 unspecified atom stereocenters. The largest absolute Gasteiger partial charge is 0.496 e. The van der Waals surface area contributed by atoms with Gasteiger partial charge in [-0.1, -0.05) is 11.8 Å². The van der Waals surface area contributed by atoms with Gasteiger partial charge >= 0.3 is 0 Å². The number of aliphatic hydroxyl groups is 1. The van der Waals surface area contributed by atoms with E-state index in [2.05, 4.69) is 0 Å². The van der Waals surface area contributed by atoms with Crippen LogP contribution in [-0.4, -0.2) is 18.2 Å². The van der Waals surface area contributed by atoms with Crippen molar-refractivity contribution >= 4 is 11.8 Å². The van der Waals surface area contributed by atoms with E-state index in [0.29, 0.717) is 11.7 Å². The molecule has 0 spiro atoms. The second-order valence-electron chi connectivity index (χ2n) is 3.96. The molecule has 1 N–H and O–H groups in total. The van der Waals surface area contributed by atoms with Crippen molar-refractivity contribution in [3.63, 3.8) is 0 Å². The summed E-state index contributed by atoms with van der Waals surface area (Å²) >= 11 is 1.63. The standard InChI is InChI=1S/C11H14O3S/c1-11(2,12)7-4-9-10(15-6-14-9)5-8(7)13-3/h4-5,12H,6H2,1-3H3. The molecule has 1 heterocycles. The van der Waals surface area contributed by atoms with E-state index in [0.717, 1.165) is 16.2 Å². The third-order valence-electron chi connectivity index (χ3n) is 2.35. The van der Waals surface area contributed by atoms with Crippen molar-refractivity contribution in [3.05, 3.63) is 17.7 Å². The van der Waals surface area contributed by atoms with Crippen LogP contribution in [0, 0.1) is 0 Å². The molecule has 0 atom stereocenters. The van der Waals surface area contributed by atoms with E-state index in [1.807, 2.05) is 12.1 Å². The van der Waals surface area contributed by atoms with Gasteiger partial charge in [-0.15, -0.1) is 0 Å². The Hall–Kier alpha value is -0.870. The van der Waals surface area contributed by atoms with Gasteiger partial charge in [-0.3, -0.25) is 0 Å². The molecule has 1 aliphatic heterocycles. The molecule has 1 aromatic rings. The van der Waals surface area contributed by atoms with Crippen LogP contribution in [0.5, 0.6) is 11.5 Å². The normalized spacial score (nSPS) is 14.7. The van der Waals surface area contributed by atoms with Crippen molar-refractivity contribution in [1.29, 1.82) is 0 Å². The average Bonchev–Trinajstić information content (AvgIpc) is 2.60. The van der Waals surface area contributed by atoms with Crippen molar-refractivity contribution in [2.24, 2.45) is 0 Å². The fourth-order valence-corrected chi connectivity index (χ4v) is 2.33. The number of rotatable bonds is 2. The number of benzene rings is 1. The fourth-order valence-electron chi connectivity index (χ4n) is 1.57. The molecule has 3 nitrogen and oxygen atoms in total. The Kier molecular flexibility index (Phi) is 2.56. The van der Waals surface area contributed by atoms with Gasteiger partial charge in [-0.25, -0.2) is 0 Å². The Morgan fingerprint density at radius 2 is 2.20 bits per heavy atom. The highest BCUT2D eigenvalue weighted by molar-refractivity contribution is 7.99. The van der Waals surface area contributed by atoms with Gasteiger partial charge in [0.25, 0.3) is 0 Å². The van der Waals surface area contributed by atoms with Gasteiger partial charge in [0.1, 0.15) is 17.4 Å². The van der Waals surface area contributed by atoms with Gasteiger partial charge < -0.3 is 14.6 Å². The summed E-state index contributed by atoms with van der Waals surface area (Å²) in [5, 5.41) is 9.99. The molecule has 1 aliphatic rings. The SMILES string of the molecule is COc1cc2c(cc1C(C)(C)O)OCS2. The van der Waals surface area contributed by atoms with Crippen molar-refractivity contribution in [1.82, 2.24) is 0 Å². The molecule has 0 radical (unpaired) electrons. The lowest BCUT2D eigenvalue weighted by atomic mass is 9.97. The number of hydrogen-bond acceptors (Lipinski definition) is 4. The van der Waals surface area contributed by atoms with Gasteiger partial charge in [0.15, 0.2) is 0 Å². The highest BCUT2D eigenvalue weighted by atomic mass is 32.2. The van der Waals surface area contributed by atoms with Gasteiger partial charge in [-0.2, -0.15) is 0 Å². The lowest BCUT2D eigenvalue weighted by Crippen LogP contribution is -2.16. The first-order valence-corrected chi connectivity index (χ1v) is 5.71. The van der Waals surface area contributed by atoms with Gasteiger partial charge in [0.2, 0.25) is 0 Å². The van der Waals surface area contributed by atoms with Crippen molar-refractivity contribution in [3.8, 4) is 11.5 Å². The summed E-state index contributed by atoms with van der Waals surface area (Å²) < 4.78 is 10.7. The third kappa shape index (κ3) is 1.92. The number of thioether (sulfide) groups is 1. The Morgan fingerprint density at radius 1 is 1.47 bits per heavy atom. The Morgan fingerprint density at radius 3 is 2.80 bits per heavy atom. The molecule has 0 saturated carbocycles. The van der Waals surface area contributed by atoms with E-state index >= 15 is 0 Å². The molecule has 0 fully saturated rings. The maximum atomic E-state index is 9.99. The smallest absolute Gasteiger partial charge is 0.138 e. The van der Waals surface area contributed by atoms with Crippen LogP contribution in [0.1, 0.15) is 19.4 Å². The number of ether oxygens (including phenoxy) is 2. The Balaban J connectivity index is 2.54. The summed E-state index contributed by atoms with van der Waals surface area (Å²) in [5.41, 5.74) is -0.164. The molecule has 0 aromatic heterocycles. The van der Waals surface area contributed by atoms with Crippen molar-refractivity contribution < 1.29 is 14.6 Å². The Bertz CT molecular complexity index is 382. The lowest BCUT2D eigenvalue weighted by molar-refractivity contribution is 0.0752. The minimum atomic E-state index is -0.920. The minimum absolute atomic E-state index is 0.633. The van der Waals surface area contributed by atoms with E-state index in [-0.39, 0.29) is 0 Å². The second-order valence-corrected chi connectivity index (χ2v) is 4.93. The molecular formula is C11H14O3S. The summed E-state index contributed by atoms with van der Waals surface area (Å²) in [5.74, 6) is 2.17. The predicted octanol–water partition coefficient (Wildman–Crippen LogP) is 2.36. The average molecular weight is 226 g/mol. The zero-order chi connectivity index (χ0) is 11.1. The molecule has 15 heavy (non-hydrogen) atoms. The number of fused-ring (bicyclic) bond motifs is 1. The number of hydrogen-bond donors (Lipinski definition) is 1. The van der Waals surface area contributed by atoms with Crippen molar-refractivity contribution in [2.75, 3.05) is 13.0 Å². The maximum absolute atomic E-state index is 9.99. The molecule has 2 rings (SSSR count). The van der Waals surface area contributed by atoms with E-state index in [1.54, 1.807) is 32.7 Å². The van der Waals surface area contributed by atoms with Gasteiger partial charge in [0.05, 0.1) is 17.6 Å². The van der Waals surface area contributed by atoms with Crippen LogP contribution in [0.2, 0.25) is 0 Å². The van der Waals surface area contributed by atoms with Crippen LogP contribution in [0.25, 0.3) is 0 Å². The zero-order valence-corrected chi connectivity index (χ0v) is 9.85. The van der Waals surface area contributed by atoms with E-state index in [9.17, 15) is 5.11 Å². The Labute approximate surface area is 93.4 Å². The first-order chi connectivity index (χ1) is 7.02. The van der Waals surface area contributed by atoms with Crippen LogP contribution >= 0.6 is 11.8 Å². The second kappa shape index (κ2) is 3.61. The summed E-state index contributed by atoms with van der Waals surface area (Å²) in [6, 6.07) is 3.77. The van der Waals surface area contributed by atoms with Crippen LogP contribution in [0.4, 0.5) is 0 Å². The van der Waals surface area contributed by atoms with E-state index < -0.39 is 5.60 Å². The quantitative estimate of drug-likeness (QED) is 0.840. The third-order valence-corrected chi connectivity index (χ3v) is 3.22. The highest BCUT2D eigenvalue weighted by Gasteiger charge is 2.25. The summed E-state index contributed by atoms with van der Waals surface area (Å²) in [7, 11) is 1.61. The van der Waals surface area contributed by atoms with Crippen LogP contribution in [0.3, 0.4) is 0 Å².